The molecule has 138 valence electrons. The number of hydrogen-bond acceptors (Lipinski definition) is 5. The Labute approximate surface area is 156 Å². The second-order valence-electron chi connectivity index (χ2n) is 5.00. The van der Waals surface area contributed by atoms with E-state index in [1.807, 2.05) is 0 Å². The summed E-state index contributed by atoms with van der Waals surface area (Å²) in [6.07, 6.45) is 2.20. The van der Waals surface area contributed by atoms with Gasteiger partial charge in [-0.15, -0.1) is 24.0 Å². The highest BCUT2D eigenvalue weighted by atomic mass is 127. The number of nitrogens with one attached hydrogen (secondary N) is 2. The van der Waals surface area contributed by atoms with Crippen molar-refractivity contribution >= 4 is 29.9 Å². The van der Waals surface area contributed by atoms with Crippen LogP contribution in [-0.4, -0.2) is 78.4 Å². The Hall–Kier alpha value is -0.160. The molecule has 0 bridgehead atoms. The van der Waals surface area contributed by atoms with Gasteiger partial charge in [-0.05, 0) is 19.8 Å². The monoisotopic (exact) mass is 445 g/mol. The van der Waals surface area contributed by atoms with Gasteiger partial charge in [0, 0.05) is 40.0 Å². The van der Waals surface area contributed by atoms with Gasteiger partial charge in [-0.2, -0.15) is 0 Å². The molecule has 1 aliphatic heterocycles. The summed E-state index contributed by atoms with van der Waals surface area (Å²) in [5, 5.41) is 6.46. The zero-order valence-electron chi connectivity index (χ0n) is 14.3. The van der Waals surface area contributed by atoms with Crippen molar-refractivity contribution in [2.24, 2.45) is 4.99 Å². The summed E-state index contributed by atoms with van der Waals surface area (Å²) < 4.78 is 21.3. The van der Waals surface area contributed by atoms with Crippen molar-refractivity contribution in [3.63, 3.8) is 0 Å². The average molecular weight is 445 g/mol. The van der Waals surface area contributed by atoms with Gasteiger partial charge in [0.2, 0.25) is 0 Å². The van der Waals surface area contributed by atoms with Crippen molar-refractivity contribution in [2.75, 3.05) is 66.4 Å². The van der Waals surface area contributed by atoms with Crippen LogP contribution in [0.4, 0.5) is 0 Å². The topological polar surface area (TPSA) is 73.3 Å². The maximum atomic E-state index is 5.71. The van der Waals surface area contributed by atoms with Crippen molar-refractivity contribution in [1.82, 2.24) is 10.6 Å². The summed E-state index contributed by atoms with van der Waals surface area (Å²) in [7, 11) is 1.67. The van der Waals surface area contributed by atoms with E-state index < -0.39 is 0 Å². The molecule has 0 aliphatic carbocycles. The van der Waals surface area contributed by atoms with Gasteiger partial charge < -0.3 is 29.6 Å². The molecule has 8 heteroatoms. The minimum absolute atomic E-state index is 0. The number of ether oxygens (including phenoxy) is 4. The Balaban J connectivity index is 0.00000484. The lowest BCUT2D eigenvalue weighted by Gasteiger charge is -2.12. The molecule has 1 atom stereocenters. The van der Waals surface area contributed by atoms with E-state index in [0.29, 0.717) is 19.8 Å². The van der Waals surface area contributed by atoms with Crippen LogP contribution in [0.3, 0.4) is 0 Å². The van der Waals surface area contributed by atoms with Crippen molar-refractivity contribution in [3.05, 3.63) is 0 Å². The van der Waals surface area contributed by atoms with Gasteiger partial charge in [0.1, 0.15) is 0 Å². The lowest BCUT2D eigenvalue weighted by Crippen LogP contribution is -2.39. The average Bonchev–Trinajstić information content (AvgIpc) is 3.03. The molecule has 1 saturated heterocycles. The third kappa shape index (κ3) is 12.9. The van der Waals surface area contributed by atoms with E-state index in [1.165, 1.54) is 0 Å². The minimum Gasteiger partial charge on any atom is -0.382 e. The van der Waals surface area contributed by atoms with Crippen LogP contribution in [-0.2, 0) is 18.9 Å². The lowest BCUT2D eigenvalue weighted by molar-refractivity contribution is 0.0424. The number of rotatable bonds is 12. The summed E-state index contributed by atoms with van der Waals surface area (Å²) >= 11 is 0. The number of methoxy groups -OCH3 is 1. The third-order valence-electron chi connectivity index (χ3n) is 3.13. The van der Waals surface area contributed by atoms with Gasteiger partial charge in [0.25, 0.3) is 0 Å². The molecule has 1 rings (SSSR count). The highest BCUT2D eigenvalue weighted by Crippen LogP contribution is 2.07. The van der Waals surface area contributed by atoms with E-state index in [0.717, 1.165) is 58.3 Å². The molecule has 1 aliphatic rings. The van der Waals surface area contributed by atoms with E-state index in [1.54, 1.807) is 7.11 Å². The molecule has 0 aromatic rings. The number of guanidine groups is 1. The Kier molecular flexibility index (Phi) is 16.6. The molecule has 0 saturated carbocycles. The van der Waals surface area contributed by atoms with Crippen molar-refractivity contribution in [3.8, 4) is 0 Å². The quantitative estimate of drug-likeness (QED) is 0.202. The Morgan fingerprint density at radius 2 is 2.09 bits per heavy atom. The maximum Gasteiger partial charge on any atom is 0.191 e. The fourth-order valence-corrected chi connectivity index (χ4v) is 1.98. The molecule has 0 spiro atoms. The van der Waals surface area contributed by atoms with Crippen molar-refractivity contribution in [2.45, 2.75) is 25.9 Å². The molecule has 0 radical (unpaired) electrons. The summed E-state index contributed by atoms with van der Waals surface area (Å²) in [4.78, 5) is 4.51. The molecule has 23 heavy (non-hydrogen) atoms. The third-order valence-corrected chi connectivity index (χ3v) is 3.13. The van der Waals surface area contributed by atoms with Crippen LogP contribution in [0.1, 0.15) is 19.8 Å². The van der Waals surface area contributed by atoms with E-state index in [9.17, 15) is 0 Å². The highest BCUT2D eigenvalue weighted by molar-refractivity contribution is 14.0. The van der Waals surface area contributed by atoms with Gasteiger partial charge in [-0.1, -0.05) is 0 Å². The maximum absolute atomic E-state index is 5.71. The Morgan fingerprint density at radius 3 is 2.78 bits per heavy atom. The summed E-state index contributed by atoms with van der Waals surface area (Å²) in [6, 6.07) is 0. The first-order chi connectivity index (χ1) is 10.9. The number of hydrogen-bond donors (Lipinski definition) is 2. The van der Waals surface area contributed by atoms with Crippen LogP contribution in [0, 0.1) is 0 Å². The van der Waals surface area contributed by atoms with E-state index >= 15 is 0 Å². The summed E-state index contributed by atoms with van der Waals surface area (Å²) in [5.74, 6) is 0.821. The van der Waals surface area contributed by atoms with Crippen LogP contribution in [0.25, 0.3) is 0 Å². The SMILES string of the molecule is CCNC(=NCCCOC1CCOC1)NCCOCCOC.I. The molecule has 1 fully saturated rings. The van der Waals surface area contributed by atoms with Crippen LogP contribution < -0.4 is 10.6 Å². The van der Waals surface area contributed by atoms with Gasteiger partial charge in [-0.3, -0.25) is 4.99 Å². The fourth-order valence-electron chi connectivity index (χ4n) is 1.98. The van der Waals surface area contributed by atoms with Gasteiger partial charge in [0.15, 0.2) is 5.96 Å². The molecule has 7 nitrogen and oxygen atoms in total. The first-order valence-corrected chi connectivity index (χ1v) is 8.15. The van der Waals surface area contributed by atoms with Gasteiger partial charge >= 0.3 is 0 Å². The smallest absolute Gasteiger partial charge is 0.191 e. The number of aliphatic imine (C=N–C) groups is 1. The normalized spacial score (nSPS) is 17.8. The van der Waals surface area contributed by atoms with E-state index in [2.05, 4.69) is 22.5 Å². The predicted molar refractivity (Wildman–Crippen MR) is 102 cm³/mol. The standard InChI is InChI=1S/C15H31N3O4.HI/c1-3-16-15(18-7-10-20-12-11-19-2)17-6-4-8-22-14-5-9-21-13-14;/h14H,3-13H2,1-2H3,(H2,16,17,18);1H. The zero-order valence-corrected chi connectivity index (χ0v) is 16.7. The van der Waals surface area contributed by atoms with Crippen LogP contribution in [0.5, 0.6) is 0 Å². The molecule has 2 N–H and O–H groups in total. The van der Waals surface area contributed by atoms with E-state index in [-0.39, 0.29) is 30.1 Å². The minimum atomic E-state index is 0. The number of nitrogens with zero attached hydrogens (tertiary/aromatic N) is 1. The molecule has 0 amide bonds. The van der Waals surface area contributed by atoms with Crippen LogP contribution in [0.15, 0.2) is 4.99 Å². The largest absolute Gasteiger partial charge is 0.382 e. The molecule has 0 aromatic carbocycles. The predicted octanol–water partition coefficient (Wildman–Crippen LogP) is 1.02. The summed E-state index contributed by atoms with van der Waals surface area (Å²) in [5.41, 5.74) is 0. The molecule has 0 aromatic heterocycles. The highest BCUT2D eigenvalue weighted by Gasteiger charge is 2.15. The lowest BCUT2D eigenvalue weighted by atomic mass is 10.3. The second kappa shape index (κ2) is 16.7. The zero-order chi connectivity index (χ0) is 15.9. The van der Waals surface area contributed by atoms with Crippen LogP contribution >= 0.6 is 24.0 Å². The molecule has 1 heterocycles. The van der Waals surface area contributed by atoms with Crippen molar-refractivity contribution < 1.29 is 18.9 Å². The Bertz CT molecular complexity index is 290. The fraction of sp³-hybridized carbons (Fsp3) is 0.933. The van der Waals surface area contributed by atoms with Crippen LogP contribution in [0.2, 0.25) is 0 Å². The van der Waals surface area contributed by atoms with Crippen molar-refractivity contribution in [1.29, 1.82) is 0 Å². The van der Waals surface area contributed by atoms with E-state index in [4.69, 9.17) is 18.9 Å². The Morgan fingerprint density at radius 1 is 1.22 bits per heavy atom. The summed E-state index contributed by atoms with van der Waals surface area (Å²) in [6.45, 7) is 8.53. The van der Waals surface area contributed by atoms with Gasteiger partial charge in [-0.25, -0.2) is 0 Å². The molecular formula is C15H32IN3O4. The molecular weight excluding hydrogens is 413 g/mol. The first kappa shape index (κ1) is 22.8. The first-order valence-electron chi connectivity index (χ1n) is 8.15. The van der Waals surface area contributed by atoms with Gasteiger partial charge in [0.05, 0.1) is 32.5 Å². The second-order valence-corrected chi connectivity index (χ2v) is 5.00. The molecule has 1 unspecified atom stereocenters. The number of halogens is 1.